The van der Waals surface area contributed by atoms with Gasteiger partial charge in [-0.25, -0.2) is 0 Å². The molecule has 3 aromatic carbocycles. The first-order valence-electron chi connectivity index (χ1n) is 9.67. The first kappa shape index (κ1) is 17.4. The van der Waals surface area contributed by atoms with Gasteiger partial charge in [-0.15, -0.1) is 0 Å². The average Bonchev–Trinajstić information content (AvgIpc) is 2.78. The average molecular weight is 380 g/mol. The predicted octanol–water partition coefficient (Wildman–Crippen LogP) is 5.26. The van der Waals surface area contributed by atoms with Crippen molar-refractivity contribution in [3.05, 3.63) is 108 Å². The van der Waals surface area contributed by atoms with E-state index in [4.69, 9.17) is 4.74 Å². The van der Waals surface area contributed by atoms with E-state index in [1.54, 1.807) is 13.1 Å². The minimum atomic E-state index is -0.529. The second kappa shape index (κ2) is 7.06. The van der Waals surface area contributed by atoms with E-state index in [1.165, 1.54) is 0 Å². The number of amides is 1. The molecule has 1 aliphatic rings. The fourth-order valence-electron chi connectivity index (χ4n) is 4.10. The van der Waals surface area contributed by atoms with Gasteiger partial charge in [0.25, 0.3) is 0 Å². The second-order valence-corrected chi connectivity index (χ2v) is 7.18. The quantitative estimate of drug-likeness (QED) is 0.476. The van der Waals surface area contributed by atoms with E-state index in [0.717, 1.165) is 33.3 Å². The van der Waals surface area contributed by atoms with Crippen LogP contribution in [0.5, 0.6) is 5.75 Å². The smallest absolute Gasteiger partial charge is 0.223 e. The van der Waals surface area contributed by atoms with Crippen molar-refractivity contribution in [3.8, 4) is 5.75 Å². The maximum absolute atomic E-state index is 12.9. The standard InChI is InChI=1S/C25H20N2O2/c1-17(28)27-23(19-9-4-2-5-10-19)21-15-14-18-13-8-16-26-22(18)24(21)29-25(27)20-11-6-3-7-12-20/h2-16,23,25H,1H3/t23-,25-/m1/s1. The molecule has 4 heteroatoms. The van der Waals surface area contributed by atoms with E-state index < -0.39 is 6.23 Å². The van der Waals surface area contributed by atoms with Crippen LogP contribution in [0.25, 0.3) is 10.9 Å². The van der Waals surface area contributed by atoms with Crippen molar-refractivity contribution in [3.63, 3.8) is 0 Å². The molecular formula is C25H20N2O2. The third-order valence-corrected chi connectivity index (χ3v) is 5.38. The summed E-state index contributed by atoms with van der Waals surface area (Å²) in [6, 6.07) is 27.8. The summed E-state index contributed by atoms with van der Waals surface area (Å²) in [4.78, 5) is 19.3. The van der Waals surface area contributed by atoms with Gasteiger partial charge < -0.3 is 4.74 Å². The fraction of sp³-hybridized carbons (Fsp3) is 0.120. The third kappa shape index (κ3) is 2.93. The SMILES string of the molecule is CC(=O)N1[C@H](c2ccccc2)c2ccc3cccnc3c2O[C@@H]1c1ccccc1. The van der Waals surface area contributed by atoms with Crippen LogP contribution < -0.4 is 4.74 Å². The summed E-state index contributed by atoms with van der Waals surface area (Å²) < 4.78 is 6.50. The van der Waals surface area contributed by atoms with Crippen LogP contribution in [0.3, 0.4) is 0 Å². The van der Waals surface area contributed by atoms with Gasteiger partial charge in [-0.05, 0) is 11.6 Å². The minimum absolute atomic E-state index is 0.0422. The van der Waals surface area contributed by atoms with Gasteiger partial charge in [-0.1, -0.05) is 78.9 Å². The second-order valence-electron chi connectivity index (χ2n) is 7.18. The highest BCUT2D eigenvalue weighted by molar-refractivity contribution is 5.87. The van der Waals surface area contributed by atoms with Crippen molar-refractivity contribution < 1.29 is 9.53 Å². The van der Waals surface area contributed by atoms with Crippen molar-refractivity contribution >= 4 is 16.8 Å². The lowest BCUT2D eigenvalue weighted by molar-refractivity contribution is -0.142. The number of ether oxygens (including phenoxy) is 1. The van der Waals surface area contributed by atoms with E-state index >= 15 is 0 Å². The lowest BCUT2D eigenvalue weighted by atomic mass is 9.92. The zero-order valence-corrected chi connectivity index (χ0v) is 16.0. The first-order valence-corrected chi connectivity index (χ1v) is 9.67. The molecule has 0 saturated heterocycles. The number of benzene rings is 3. The molecular weight excluding hydrogens is 360 g/mol. The molecule has 0 aliphatic carbocycles. The molecule has 0 saturated carbocycles. The highest BCUT2D eigenvalue weighted by Gasteiger charge is 2.40. The predicted molar refractivity (Wildman–Crippen MR) is 112 cm³/mol. The van der Waals surface area contributed by atoms with E-state index in [2.05, 4.69) is 17.1 Å². The van der Waals surface area contributed by atoms with Gasteiger partial charge >= 0.3 is 0 Å². The van der Waals surface area contributed by atoms with Crippen molar-refractivity contribution in [2.75, 3.05) is 0 Å². The van der Waals surface area contributed by atoms with E-state index in [9.17, 15) is 4.79 Å². The van der Waals surface area contributed by atoms with Crippen LogP contribution in [-0.4, -0.2) is 15.8 Å². The van der Waals surface area contributed by atoms with Gasteiger partial charge in [0.1, 0.15) is 5.52 Å². The molecule has 0 N–H and O–H groups in total. The van der Waals surface area contributed by atoms with E-state index in [-0.39, 0.29) is 11.9 Å². The summed E-state index contributed by atoms with van der Waals surface area (Å²) in [6.45, 7) is 1.60. The van der Waals surface area contributed by atoms with E-state index in [0.29, 0.717) is 0 Å². The van der Waals surface area contributed by atoms with Crippen LogP contribution in [-0.2, 0) is 4.79 Å². The number of fused-ring (bicyclic) bond motifs is 3. The maximum Gasteiger partial charge on any atom is 0.223 e. The monoisotopic (exact) mass is 380 g/mol. The molecule has 4 nitrogen and oxygen atoms in total. The molecule has 5 rings (SSSR count). The number of nitrogens with zero attached hydrogens (tertiary/aromatic N) is 2. The molecule has 0 spiro atoms. The summed E-state index contributed by atoms with van der Waals surface area (Å²) >= 11 is 0. The number of pyridine rings is 1. The molecule has 2 atom stereocenters. The van der Waals surface area contributed by atoms with Crippen molar-refractivity contribution in [2.45, 2.75) is 19.2 Å². The third-order valence-electron chi connectivity index (χ3n) is 5.38. The van der Waals surface area contributed by atoms with Crippen LogP contribution in [0.15, 0.2) is 91.1 Å². The Morgan fingerprint density at radius 1 is 0.862 bits per heavy atom. The number of rotatable bonds is 2. The number of carbonyl (C=O) groups is 1. The van der Waals surface area contributed by atoms with Gasteiger partial charge in [-0.2, -0.15) is 0 Å². The molecule has 0 fully saturated rings. The van der Waals surface area contributed by atoms with Gasteiger partial charge in [0, 0.05) is 29.6 Å². The Kier molecular flexibility index (Phi) is 4.24. The molecule has 1 aliphatic heterocycles. The summed E-state index contributed by atoms with van der Waals surface area (Å²) in [5.74, 6) is 0.697. The largest absolute Gasteiger partial charge is 0.463 e. The summed E-state index contributed by atoms with van der Waals surface area (Å²) in [7, 11) is 0. The molecule has 1 amide bonds. The minimum Gasteiger partial charge on any atom is -0.463 e. The van der Waals surface area contributed by atoms with Crippen LogP contribution in [0.1, 0.15) is 35.9 Å². The molecule has 0 radical (unpaired) electrons. The summed E-state index contributed by atoms with van der Waals surface area (Å²) in [6.07, 6.45) is 1.25. The Balaban J connectivity index is 1.79. The molecule has 1 aromatic heterocycles. The molecule has 142 valence electrons. The summed E-state index contributed by atoms with van der Waals surface area (Å²) in [5.41, 5.74) is 3.74. The Morgan fingerprint density at radius 2 is 1.55 bits per heavy atom. The molecule has 29 heavy (non-hydrogen) atoms. The highest BCUT2D eigenvalue weighted by Crippen LogP contribution is 2.47. The van der Waals surface area contributed by atoms with Gasteiger partial charge in [0.2, 0.25) is 12.1 Å². The lowest BCUT2D eigenvalue weighted by Crippen LogP contribution is -2.43. The fourth-order valence-corrected chi connectivity index (χ4v) is 4.10. The molecule has 0 bridgehead atoms. The van der Waals surface area contributed by atoms with Crippen molar-refractivity contribution in [1.82, 2.24) is 9.88 Å². The highest BCUT2D eigenvalue weighted by atomic mass is 16.5. The van der Waals surface area contributed by atoms with E-state index in [1.807, 2.05) is 77.7 Å². The van der Waals surface area contributed by atoms with Crippen molar-refractivity contribution in [1.29, 1.82) is 0 Å². The Hall–Kier alpha value is -3.66. The topological polar surface area (TPSA) is 42.4 Å². The normalized spacial score (nSPS) is 18.2. The lowest BCUT2D eigenvalue weighted by Gasteiger charge is -2.43. The zero-order chi connectivity index (χ0) is 19.8. The zero-order valence-electron chi connectivity index (χ0n) is 16.0. The number of carbonyl (C=O) groups excluding carboxylic acids is 1. The van der Waals surface area contributed by atoms with Crippen LogP contribution in [0.2, 0.25) is 0 Å². The number of aromatic nitrogens is 1. The first-order chi connectivity index (χ1) is 14.2. The van der Waals surface area contributed by atoms with Crippen molar-refractivity contribution in [2.24, 2.45) is 0 Å². The van der Waals surface area contributed by atoms with Crippen LogP contribution in [0.4, 0.5) is 0 Å². The Bertz CT molecular complexity index is 1180. The van der Waals surface area contributed by atoms with Crippen LogP contribution in [0, 0.1) is 0 Å². The molecule has 4 aromatic rings. The summed E-state index contributed by atoms with van der Waals surface area (Å²) in [5, 5.41) is 1.01. The maximum atomic E-state index is 12.9. The van der Waals surface area contributed by atoms with Gasteiger partial charge in [0.05, 0.1) is 6.04 Å². The van der Waals surface area contributed by atoms with Gasteiger partial charge in [0.15, 0.2) is 5.75 Å². The van der Waals surface area contributed by atoms with Crippen LogP contribution >= 0.6 is 0 Å². The molecule has 2 heterocycles. The Labute approximate surface area is 169 Å². The van der Waals surface area contributed by atoms with Gasteiger partial charge in [-0.3, -0.25) is 14.7 Å². The molecule has 0 unspecified atom stereocenters. The Morgan fingerprint density at radius 3 is 2.24 bits per heavy atom. The number of hydrogen-bond acceptors (Lipinski definition) is 3. The number of hydrogen-bond donors (Lipinski definition) is 0.